The first-order valence-electron chi connectivity index (χ1n) is 5.80. The van der Waals surface area contributed by atoms with Crippen LogP contribution in [0.15, 0.2) is 25.3 Å². The van der Waals surface area contributed by atoms with Crippen LogP contribution in [-0.2, 0) is 19.0 Å². The molecule has 96 valence electrons. The minimum atomic E-state index is -0.855. The maximum absolute atomic E-state index is 12.1. The van der Waals surface area contributed by atoms with Gasteiger partial charge in [0.15, 0.2) is 12.6 Å². The number of hydrogen-bond acceptors (Lipinski definition) is 4. The van der Waals surface area contributed by atoms with Gasteiger partial charge >= 0.3 is 5.97 Å². The summed E-state index contributed by atoms with van der Waals surface area (Å²) < 4.78 is 16.0. The Morgan fingerprint density at radius 1 is 1.35 bits per heavy atom. The molecule has 4 heteroatoms. The highest BCUT2D eigenvalue weighted by molar-refractivity contribution is 5.78. The molecule has 0 unspecified atom stereocenters. The molecule has 0 aromatic rings. The van der Waals surface area contributed by atoms with Gasteiger partial charge in [0.2, 0.25) is 0 Å². The van der Waals surface area contributed by atoms with Gasteiger partial charge in [-0.25, -0.2) is 0 Å². The molecule has 4 nitrogen and oxygen atoms in total. The molecule has 0 atom stereocenters. The summed E-state index contributed by atoms with van der Waals surface area (Å²) in [6.45, 7) is 11.2. The Hall–Kier alpha value is -1.13. The van der Waals surface area contributed by atoms with Crippen LogP contribution in [0.2, 0.25) is 0 Å². The van der Waals surface area contributed by atoms with E-state index in [0.29, 0.717) is 19.4 Å². The summed E-state index contributed by atoms with van der Waals surface area (Å²) in [5, 5.41) is 0. The Morgan fingerprint density at radius 2 is 1.88 bits per heavy atom. The van der Waals surface area contributed by atoms with Crippen LogP contribution in [-0.4, -0.2) is 25.2 Å². The first-order chi connectivity index (χ1) is 8.10. The lowest BCUT2D eigenvalue weighted by molar-refractivity contribution is -0.405. The fraction of sp³-hybridized carbons (Fsp3) is 0.615. The van der Waals surface area contributed by atoms with Crippen molar-refractivity contribution in [3.63, 3.8) is 0 Å². The van der Waals surface area contributed by atoms with Crippen LogP contribution in [0.1, 0.15) is 26.7 Å². The summed E-state index contributed by atoms with van der Waals surface area (Å²) in [4.78, 5) is 12.1. The second-order valence-electron chi connectivity index (χ2n) is 4.03. The minimum absolute atomic E-state index is 0.275. The summed E-state index contributed by atoms with van der Waals surface area (Å²) in [5.41, 5.74) is -0.855. The molecule has 0 aromatic carbocycles. The standard InChI is InChI=1S/C13H20O4/c1-5-8-13(9-6-2,11(14)15-7-3)12-16-10(4)17-12/h5-6,10,12H,1-2,7-9H2,3-4H3. The Morgan fingerprint density at radius 3 is 2.24 bits per heavy atom. The van der Waals surface area contributed by atoms with Crippen LogP contribution in [0.5, 0.6) is 0 Å². The summed E-state index contributed by atoms with van der Waals surface area (Å²) in [6, 6.07) is 0. The molecule has 1 heterocycles. The lowest BCUT2D eigenvalue weighted by atomic mass is 9.79. The zero-order valence-corrected chi connectivity index (χ0v) is 10.5. The van der Waals surface area contributed by atoms with Crippen LogP contribution in [0.4, 0.5) is 0 Å². The van der Waals surface area contributed by atoms with E-state index in [2.05, 4.69) is 13.2 Å². The summed E-state index contributed by atoms with van der Waals surface area (Å²) in [5.74, 6) is -0.322. The molecule has 0 N–H and O–H groups in total. The molecular weight excluding hydrogens is 220 g/mol. The van der Waals surface area contributed by atoms with Gasteiger partial charge in [-0.1, -0.05) is 12.2 Å². The van der Waals surface area contributed by atoms with Gasteiger partial charge in [-0.15, -0.1) is 13.2 Å². The van der Waals surface area contributed by atoms with E-state index in [0.717, 1.165) is 0 Å². The summed E-state index contributed by atoms with van der Waals surface area (Å²) in [6.07, 6.45) is 3.38. The van der Waals surface area contributed by atoms with Crippen molar-refractivity contribution in [3.8, 4) is 0 Å². The molecule has 1 saturated heterocycles. The van der Waals surface area contributed by atoms with Crippen molar-refractivity contribution < 1.29 is 19.0 Å². The maximum Gasteiger partial charge on any atom is 0.317 e. The van der Waals surface area contributed by atoms with Gasteiger partial charge in [0, 0.05) is 0 Å². The van der Waals surface area contributed by atoms with E-state index in [-0.39, 0.29) is 12.3 Å². The maximum atomic E-state index is 12.1. The van der Waals surface area contributed by atoms with Crippen LogP contribution in [0.25, 0.3) is 0 Å². The van der Waals surface area contributed by atoms with Crippen molar-refractivity contribution in [2.24, 2.45) is 5.41 Å². The summed E-state index contributed by atoms with van der Waals surface area (Å²) >= 11 is 0. The molecule has 1 rings (SSSR count). The molecule has 0 bridgehead atoms. The van der Waals surface area contributed by atoms with E-state index in [1.54, 1.807) is 26.0 Å². The number of rotatable bonds is 7. The molecule has 1 fully saturated rings. The first kappa shape index (κ1) is 13.9. The van der Waals surface area contributed by atoms with E-state index in [1.807, 2.05) is 0 Å². The zero-order valence-electron chi connectivity index (χ0n) is 10.5. The molecule has 0 aromatic heterocycles. The van der Waals surface area contributed by atoms with Gasteiger partial charge < -0.3 is 14.2 Å². The predicted octanol–water partition coefficient (Wildman–Crippen LogP) is 2.41. The predicted molar refractivity (Wildman–Crippen MR) is 64.1 cm³/mol. The largest absolute Gasteiger partial charge is 0.465 e. The third-order valence-corrected chi connectivity index (χ3v) is 2.78. The molecule has 1 aliphatic rings. The van der Waals surface area contributed by atoms with Crippen molar-refractivity contribution in [2.75, 3.05) is 6.61 Å². The topological polar surface area (TPSA) is 44.8 Å². The lowest BCUT2D eigenvalue weighted by Gasteiger charge is -2.45. The fourth-order valence-electron chi connectivity index (χ4n) is 1.95. The van der Waals surface area contributed by atoms with Gasteiger partial charge in [-0.05, 0) is 26.7 Å². The third-order valence-electron chi connectivity index (χ3n) is 2.78. The van der Waals surface area contributed by atoms with Gasteiger partial charge in [0.05, 0.1) is 6.61 Å². The van der Waals surface area contributed by atoms with Crippen LogP contribution in [0.3, 0.4) is 0 Å². The van der Waals surface area contributed by atoms with Crippen molar-refractivity contribution in [1.29, 1.82) is 0 Å². The normalized spacial score (nSPS) is 23.6. The number of ether oxygens (including phenoxy) is 3. The number of carbonyl (C=O) groups is 1. The third kappa shape index (κ3) is 2.76. The van der Waals surface area contributed by atoms with Gasteiger partial charge in [0.1, 0.15) is 5.41 Å². The number of hydrogen-bond donors (Lipinski definition) is 0. The van der Waals surface area contributed by atoms with Crippen molar-refractivity contribution in [2.45, 2.75) is 39.3 Å². The smallest absolute Gasteiger partial charge is 0.317 e. The number of allylic oxidation sites excluding steroid dienone is 2. The second kappa shape index (κ2) is 5.98. The molecule has 17 heavy (non-hydrogen) atoms. The molecule has 0 amide bonds. The molecular formula is C13H20O4. The quantitative estimate of drug-likeness (QED) is 0.506. The van der Waals surface area contributed by atoms with Gasteiger partial charge in [-0.2, -0.15) is 0 Å². The molecule has 0 radical (unpaired) electrons. The van der Waals surface area contributed by atoms with E-state index in [1.165, 1.54) is 0 Å². The zero-order chi connectivity index (χ0) is 12.9. The van der Waals surface area contributed by atoms with E-state index in [9.17, 15) is 4.79 Å². The fourth-order valence-corrected chi connectivity index (χ4v) is 1.95. The van der Waals surface area contributed by atoms with Crippen molar-refractivity contribution >= 4 is 5.97 Å². The van der Waals surface area contributed by atoms with Gasteiger partial charge in [-0.3, -0.25) is 4.79 Å². The van der Waals surface area contributed by atoms with Crippen LogP contribution >= 0.6 is 0 Å². The molecule has 0 aliphatic carbocycles. The van der Waals surface area contributed by atoms with Gasteiger partial charge in [0.25, 0.3) is 0 Å². The SMILES string of the molecule is C=CCC(CC=C)(C(=O)OCC)C1OC(C)O1. The highest BCUT2D eigenvalue weighted by atomic mass is 16.9. The van der Waals surface area contributed by atoms with Crippen molar-refractivity contribution in [3.05, 3.63) is 25.3 Å². The molecule has 1 aliphatic heterocycles. The average molecular weight is 240 g/mol. The number of esters is 1. The second-order valence-corrected chi connectivity index (χ2v) is 4.03. The van der Waals surface area contributed by atoms with Crippen molar-refractivity contribution in [1.82, 2.24) is 0 Å². The first-order valence-corrected chi connectivity index (χ1v) is 5.80. The molecule has 0 saturated carbocycles. The highest BCUT2D eigenvalue weighted by Gasteiger charge is 2.52. The highest BCUT2D eigenvalue weighted by Crippen LogP contribution is 2.41. The Kier molecular flexibility index (Phi) is 4.90. The Bertz CT molecular complexity index is 282. The van der Waals surface area contributed by atoms with Crippen LogP contribution in [0, 0.1) is 5.41 Å². The van der Waals surface area contributed by atoms with Crippen LogP contribution < -0.4 is 0 Å². The number of carbonyl (C=O) groups excluding carboxylic acids is 1. The summed E-state index contributed by atoms with van der Waals surface area (Å²) in [7, 11) is 0. The Balaban J connectivity index is 2.89. The average Bonchev–Trinajstić information content (AvgIpc) is 2.25. The lowest BCUT2D eigenvalue weighted by Crippen LogP contribution is -2.54. The van der Waals surface area contributed by atoms with E-state index < -0.39 is 11.7 Å². The molecule has 0 spiro atoms. The minimum Gasteiger partial charge on any atom is -0.465 e. The Labute approximate surface area is 102 Å². The van der Waals surface area contributed by atoms with E-state index in [4.69, 9.17) is 14.2 Å². The monoisotopic (exact) mass is 240 g/mol. The van der Waals surface area contributed by atoms with E-state index >= 15 is 0 Å².